The minimum Gasteiger partial charge on any atom is -0.314 e. The molecule has 0 aromatic heterocycles. The van der Waals surface area contributed by atoms with E-state index < -0.39 is 0 Å². The summed E-state index contributed by atoms with van der Waals surface area (Å²) in [5, 5.41) is 3.87. The maximum absolute atomic E-state index is 3.87. The van der Waals surface area contributed by atoms with Gasteiger partial charge >= 0.3 is 0 Å². The Hall–Kier alpha value is -0.0400. The Morgan fingerprint density at radius 2 is 1.67 bits per heavy atom. The minimum absolute atomic E-state index is 0.512. The fraction of sp³-hybridized carbons (Fsp3) is 1.00. The molecule has 1 heteroatoms. The van der Waals surface area contributed by atoms with Crippen LogP contribution < -0.4 is 5.32 Å². The lowest BCUT2D eigenvalue weighted by molar-refractivity contribution is 0.0843. The van der Waals surface area contributed by atoms with E-state index in [1.807, 2.05) is 0 Å². The minimum atomic E-state index is 0.512. The zero-order valence-corrected chi connectivity index (χ0v) is 15.5. The van der Waals surface area contributed by atoms with Crippen LogP contribution in [0, 0.1) is 17.3 Å². The Balaban J connectivity index is 2.47. The third kappa shape index (κ3) is 6.72. The van der Waals surface area contributed by atoms with Crippen molar-refractivity contribution in [3.05, 3.63) is 0 Å². The predicted octanol–water partition coefficient (Wildman–Crippen LogP) is 6.18. The van der Waals surface area contributed by atoms with E-state index in [0.29, 0.717) is 5.41 Å². The standard InChI is InChI=1S/C20H41N/c1-6-8-9-10-11-14-20(4,5)18-13-12-17(3)16-19(18)21-15-7-2/h17-19,21H,6-16H2,1-5H3. The molecule has 0 heterocycles. The molecule has 3 atom stereocenters. The topological polar surface area (TPSA) is 12.0 Å². The summed E-state index contributed by atoms with van der Waals surface area (Å²) in [7, 11) is 0. The molecule has 0 aromatic carbocycles. The normalized spacial score (nSPS) is 27.0. The molecule has 1 fully saturated rings. The van der Waals surface area contributed by atoms with E-state index in [1.165, 1.54) is 70.8 Å². The molecule has 126 valence electrons. The molecule has 3 unspecified atom stereocenters. The van der Waals surface area contributed by atoms with Crippen LogP contribution in [0.25, 0.3) is 0 Å². The van der Waals surface area contributed by atoms with Gasteiger partial charge in [0, 0.05) is 6.04 Å². The van der Waals surface area contributed by atoms with Gasteiger partial charge in [0.05, 0.1) is 0 Å². The van der Waals surface area contributed by atoms with Crippen molar-refractivity contribution < 1.29 is 0 Å². The molecule has 0 radical (unpaired) electrons. The number of hydrogen-bond donors (Lipinski definition) is 1. The van der Waals surface area contributed by atoms with Gasteiger partial charge in [-0.3, -0.25) is 0 Å². The molecule has 1 aliphatic rings. The SMILES string of the molecule is CCCCCCCC(C)(C)C1CCC(C)CC1NCCC. The molecular weight excluding hydrogens is 254 g/mol. The highest BCUT2D eigenvalue weighted by atomic mass is 14.9. The Bertz CT molecular complexity index is 259. The van der Waals surface area contributed by atoms with Crippen molar-refractivity contribution in [2.24, 2.45) is 17.3 Å². The maximum atomic E-state index is 3.87. The molecule has 0 bridgehead atoms. The quantitative estimate of drug-likeness (QED) is 0.475. The lowest BCUT2D eigenvalue weighted by Gasteiger charge is -2.45. The van der Waals surface area contributed by atoms with E-state index in [-0.39, 0.29) is 0 Å². The zero-order chi connectivity index (χ0) is 15.7. The Morgan fingerprint density at radius 1 is 0.952 bits per heavy atom. The van der Waals surface area contributed by atoms with Crippen LogP contribution in [-0.4, -0.2) is 12.6 Å². The van der Waals surface area contributed by atoms with Crippen LogP contribution in [-0.2, 0) is 0 Å². The van der Waals surface area contributed by atoms with Gasteiger partial charge in [0.25, 0.3) is 0 Å². The monoisotopic (exact) mass is 295 g/mol. The van der Waals surface area contributed by atoms with Crippen molar-refractivity contribution in [2.45, 2.75) is 105 Å². The maximum Gasteiger partial charge on any atom is 0.0103 e. The molecular formula is C20H41N. The van der Waals surface area contributed by atoms with E-state index in [2.05, 4.69) is 39.9 Å². The third-order valence-corrected chi connectivity index (χ3v) is 5.70. The summed E-state index contributed by atoms with van der Waals surface area (Å²) in [5.74, 6) is 1.79. The molecule has 1 N–H and O–H groups in total. The molecule has 0 amide bonds. The van der Waals surface area contributed by atoms with Crippen molar-refractivity contribution in [1.29, 1.82) is 0 Å². The fourth-order valence-corrected chi connectivity index (χ4v) is 4.24. The lowest BCUT2D eigenvalue weighted by atomic mass is 9.64. The first-order valence-corrected chi connectivity index (χ1v) is 9.74. The molecule has 0 aromatic rings. The molecule has 21 heavy (non-hydrogen) atoms. The van der Waals surface area contributed by atoms with E-state index in [1.54, 1.807) is 0 Å². The Morgan fingerprint density at radius 3 is 2.33 bits per heavy atom. The lowest BCUT2D eigenvalue weighted by Crippen LogP contribution is -2.47. The zero-order valence-electron chi connectivity index (χ0n) is 15.5. The number of rotatable bonds is 10. The van der Waals surface area contributed by atoms with Crippen LogP contribution in [0.15, 0.2) is 0 Å². The highest BCUT2D eigenvalue weighted by Gasteiger charge is 2.38. The molecule has 0 spiro atoms. The van der Waals surface area contributed by atoms with Crippen LogP contribution in [0.5, 0.6) is 0 Å². The summed E-state index contributed by atoms with van der Waals surface area (Å²) < 4.78 is 0. The van der Waals surface area contributed by atoms with Crippen LogP contribution in [0.2, 0.25) is 0 Å². The van der Waals surface area contributed by atoms with E-state index >= 15 is 0 Å². The largest absolute Gasteiger partial charge is 0.314 e. The molecule has 1 aliphatic carbocycles. The van der Waals surface area contributed by atoms with Gasteiger partial charge in [-0.25, -0.2) is 0 Å². The second-order valence-electron chi connectivity index (χ2n) is 8.24. The summed E-state index contributed by atoms with van der Waals surface area (Å²) in [5.41, 5.74) is 0.512. The van der Waals surface area contributed by atoms with Crippen molar-refractivity contribution in [2.75, 3.05) is 6.54 Å². The van der Waals surface area contributed by atoms with Crippen LogP contribution in [0.3, 0.4) is 0 Å². The van der Waals surface area contributed by atoms with Gasteiger partial charge in [0.15, 0.2) is 0 Å². The van der Waals surface area contributed by atoms with Gasteiger partial charge in [-0.1, -0.05) is 73.1 Å². The first kappa shape index (κ1) is 19.0. The molecule has 0 saturated heterocycles. The Kier molecular flexibility index (Phi) is 8.94. The summed E-state index contributed by atoms with van der Waals surface area (Å²) in [6.07, 6.45) is 14.0. The second-order valence-corrected chi connectivity index (χ2v) is 8.24. The fourth-order valence-electron chi connectivity index (χ4n) is 4.24. The van der Waals surface area contributed by atoms with Gasteiger partial charge in [-0.15, -0.1) is 0 Å². The first-order chi connectivity index (χ1) is 10.0. The van der Waals surface area contributed by atoms with Crippen molar-refractivity contribution in [3.8, 4) is 0 Å². The summed E-state index contributed by atoms with van der Waals surface area (Å²) in [6, 6.07) is 0.763. The van der Waals surface area contributed by atoms with Crippen LogP contribution in [0.1, 0.15) is 98.8 Å². The Labute approximate surface area is 134 Å². The van der Waals surface area contributed by atoms with Crippen molar-refractivity contribution >= 4 is 0 Å². The molecule has 1 saturated carbocycles. The van der Waals surface area contributed by atoms with Crippen molar-refractivity contribution in [1.82, 2.24) is 5.32 Å². The van der Waals surface area contributed by atoms with E-state index in [0.717, 1.165) is 17.9 Å². The second kappa shape index (κ2) is 9.87. The van der Waals surface area contributed by atoms with Gasteiger partial charge in [-0.2, -0.15) is 0 Å². The van der Waals surface area contributed by atoms with E-state index in [4.69, 9.17) is 0 Å². The third-order valence-electron chi connectivity index (χ3n) is 5.70. The van der Waals surface area contributed by atoms with E-state index in [9.17, 15) is 0 Å². The van der Waals surface area contributed by atoms with Crippen LogP contribution in [0.4, 0.5) is 0 Å². The summed E-state index contributed by atoms with van der Waals surface area (Å²) in [6.45, 7) is 13.3. The number of unbranched alkanes of at least 4 members (excludes halogenated alkanes) is 4. The number of nitrogens with one attached hydrogen (secondary N) is 1. The first-order valence-electron chi connectivity index (χ1n) is 9.74. The molecule has 0 aliphatic heterocycles. The highest BCUT2D eigenvalue weighted by Crippen LogP contribution is 2.43. The highest BCUT2D eigenvalue weighted by molar-refractivity contribution is 4.91. The van der Waals surface area contributed by atoms with Crippen LogP contribution >= 0.6 is 0 Å². The van der Waals surface area contributed by atoms with Crippen molar-refractivity contribution in [3.63, 3.8) is 0 Å². The summed E-state index contributed by atoms with van der Waals surface area (Å²) >= 11 is 0. The molecule has 1 nitrogen and oxygen atoms in total. The predicted molar refractivity (Wildman–Crippen MR) is 95.7 cm³/mol. The molecule has 1 rings (SSSR count). The van der Waals surface area contributed by atoms with Gasteiger partial charge in [-0.05, 0) is 49.5 Å². The van der Waals surface area contributed by atoms with Gasteiger partial charge < -0.3 is 5.32 Å². The average molecular weight is 296 g/mol. The average Bonchev–Trinajstić information content (AvgIpc) is 2.44. The number of hydrogen-bond acceptors (Lipinski definition) is 1. The smallest absolute Gasteiger partial charge is 0.0103 e. The van der Waals surface area contributed by atoms with Gasteiger partial charge in [0.2, 0.25) is 0 Å². The summed E-state index contributed by atoms with van der Waals surface area (Å²) in [4.78, 5) is 0. The van der Waals surface area contributed by atoms with Gasteiger partial charge in [0.1, 0.15) is 0 Å².